The molecule has 0 aliphatic carbocycles. The van der Waals surface area contributed by atoms with Gasteiger partial charge in [-0.05, 0) is 46.5 Å². The highest BCUT2D eigenvalue weighted by atomic mass is 32.1. The van der Waals surface area contributed by atoms with Gasteiger partial charge in [0, 0.05) is 6.42 Å². The molecule has 0 spiro atoms. The van der Waals surface area contributed by atoms with Crippen LogP contribution in [0.4, 0.5) is 0 Å². The Bertz CT molecular complexity index is 2000. The summed E-state index contributed by atoms with van der Waals surface area (Å²) in [5.41, 5.74) is 2.92. The number of thiazole rings is 1. The monoisotopic (exact) mass is 654 g/mol. The summed E-state index contributed by atoms with van der Waals surface area (Å²) < 4.78 is 7.29. The lowest BCUT2D eigenvalue weighted by molar-refractivity contribution is -0.0976. The molecule has 1 aromatic heterocycles. The number of aromatic hydroxyl groups is 1. The van der Waals surface area contributed by atoms with Crippen molar-refractivity contribution >= 4 is 23.2 Å². The summed E-state index contributed by atoms with van der Waals surface area (Å²) in [6.07, 6.45) is 0.330. The Kier molecular flexibility index (Phi) is 8.46. The van der Waals surface area contributed by atoms with Crippen LogP contribution in [0.25, 0.3) is 0 Å². The van der Waals surface area contributed by atoms with Crippen molar-refractivity contribution in [3.05, 3.63) is 187 Å². The zero-order valence-corrected chi connectivity index (χ0v) is 26.5. The van der Waals surface area contributed by atoms with Crippen LogP contribution in [-0.2, 0) is 16.8 Å². The van der Waals surface area contributed by atoms with Gasteiger partial charge in [-0.15, -0.1) is 5.06 Å². The van der Waals surface area contributed by atoms with Crippen molar-refractivity contribution in [3.8, 4) is 11.6 Å². The lowest BCUT2D eigenvalue weighted by Crippen LogP contribution is -2.42. The molecule has 5 aromatic carbocycles. The molecular formula is C39H30N2O6S. The number of carbonyl (C=O) groups excluding carboxylic acids is 2. The van der Waals surface area contributed by atoms with Gasteiger partial charge in [-0.1, -0.05) is 127 Å². The average molecular weight is 655 g/mol. The maximum atomic E-state index is 14.0. The van der Waals surface area contributed by atoms with Gasteiger partial charge in [0.1, 0.15) is 24.5 Å². The first-order valence-corrected chi connectivity index (χ1v) is 16.2. The number of hydrogen-bond acceptors (Lipinski definition) is 7. The van der Waals surface area contributed by atoms with Crippen LogP contribution < -0.4 is 9.61 Å². The van der Waals surface area contributed by atoms with Crippen LogP contribution in [0.15, 0.2) is 144 Å². The number of benzene rings is 5. The number of hydrogen-bond donors (Lipinski definition) is 1. The van der Waals surface area contributed by atoms with E-state index in [1.807, 2.05) is 103 Å². The van der Waals surface area contributed by atoms with E-state index in [2.05, 4.69) is 0 Å². The molecule has 48 heavy (non-hydrogen) atoms. The van der Waals surface area contributed by atoms with Crippen molar-refractivity contribution in [2.24, 2.45) is 0 Å². The molecule has 7 rings (SSSR count). The molecule has 0 radical (unpaired) electrons. The summed E-state index contributed by atoms with van der Waals surface area (Å²) in [4.78, 5) is 44.6. The Morgan fingerprint density at radius 3 is 1.58 bits per heavy atom. The third kappa shape index (κ3) is 5.49. The largest absolute Gasteiger partial charge is 0.494 e. The smallest absolute Gasteiger partial charge is 0.311 e. The van der Waals surface area contributed by atoms with E-state index in [1.165, 1.54) is 4.57 Å². The third-order valence-corrected chi connectivity index (χ3v) is 9.31. The minimum absolute atomic E-state index is 0.00540. The van der Waals surface area contributed by atoms with Crippen LogP contribution in [0, 0.1) is 0 Å². The summed E-state index contributed by atoms with van der Waals surface area (Å²) in [5.74, 6) is -0.510. The van der Waals surface area contributed by atoms with Crippen LogP contribution in [0.5, 0.6) is 11.6 Å². The zero-order chi connectivity index (χ0) is 33.1. The summed E-state index contributed by atoms with van der Waals surface area (Å²) in [6.45, 7) is 0.104. The minimum Gasteiger partial charge on any atom is -0.494 e. The van der Waals surface area contributed by atoms with E-state index >= 15 is 0 Å². The van der Waals surface area contributed by atoms with E-state index in [1.54, 1.807) is 36.4 Å². The van der Waals surface area contributed by atoms with Crippen LogP contribution in [-0.4, -0.2) is 39.8 Å². The van der Waals surface area contributed by atoms with Crippen molar-refractivity contribution in [1.29, 1.82) is 0 Å². The molecule has 9 heteroatoms. The molecule has 238 valence electrons. The normalized spacial score (nSPS) is 12.7. The fourth-order valence-corrected chi connectivity index (χ4v) is 7.15. The third-order valence-electron chi connectivity index (χ3n) is 8.38. The molecule has 1 N–H and O–H groups in total. The molecule has 0 atom stereocenters. The number of rotatable bonds is 11. The van der Waals surface area contributed by atoms with Crippen LogP contribution >= 0.6 is 11.3 Å². The first-order valence-electron chi connectivity index (χ1n) is 15.4. The number of aromatic nitrogens is 1. The van der Waals surface area contributed by atoms with E-state index in [-0.39, 0.29) is 24.0 Å². The zero-order valence-electron chi connectivity index (χ0n) is 25.7. The Morgan fingerprint density at radius 1 is 0.604 bits per heavy atom. The van der Waals surface area contributed by atoms with Gasteiger partial charge < -0.3 is 9.84 Å². The van der Waals surface area contributed by atoms with E-state index in [0.29, 0.717) is 28.2 Å². The van der Waals surface area contributed by atoms with Crippen molar-refractivity contribution in [2.75, 3.05) is 13.2 Å². The molecular weight excluding hydrogens is 625 g/mol. The number of amides is 2. The van der Waals surface area contributed by atoms with Gasteiger partial charge in [0.05, 0.1) is 16.0 Å². The van der Waals surface area contributed by atoms with Crippen LogP contribution in [0.3, 0.4) is 0 Å². The van der Waals surface area contributed by atoms with Crippen molar-refractivity contribution in [1.82, 2.24) is 9.63 Å². The second kappa shape index (κ2) is 13.2. The quantitative estimate of drug-likeness (QED) is 0.0955. The number of fused-ring (bicyclic) bond motifs is 1. The standard InChI is InChI=1S/C39H30N2O6S/c42-35-32-18-10-11-19-33(32)36(43)41(35)47-25-24-46-31-22-20-27(21-23-31)26-34-37(44)40(38(45)48-34)39(28-12-4-1-5-13-28,29-14-6-2-7-15-29)30-16-8-3-9-17-30/h1-23,44H,24-26H2. The molecule has 8 nitrogen and oxygen atoms in total. The Labute approximate surface area is 280 Å². The molecule has 1 aliphatic heterocycles. The van der Waals surface area contributed by atoms with E-state index in [4.69, 9.17) is 9.57 Å². The molecule has 2 heterocycles. The van der Waals surface area contributed by atoms with Crippen molar-refractivity contribution < 1.29 is 24.3 Å². The lowest BCUT2D eigenvalue weighted by atomic mass is 9.76. The van der Waals surface area contributed by atoms with Gasteiger partial charge in [-0.2, -0.15) is 0 Å². The fourth-order valence-electron chi connectivity index (χ4n) is 6.21. The number of nitrogens with zero attached hydrogens (tertiary/aromatic N) is 2. The molecule has 0 bridgehead atoms. The first-order chi connectivity index (χ1) is 23.5. The number of imide groups is 1. The van der Waals surface area contributed by atoms with Gasteiger partial charge in [-0.25, -0.2) is 0 Å². The average Bonchev–Trinajstić information content (AvgIpc) is 3.55. The lowest BCUT2D eigenvalue weighted by Gasteiger charge is -2.37. The van der Waals surface area contributed by atoms with E-state index in [9.17, 15) is 19.5 Å². The van der Waals surface area contributed by atoms with Gasteiger partial charge in [-0.3, -0.25) is 23.8 Å². The summed E-state index contributed by atoms with van der Waals surface area (Å²) >= 11 is 1.03. The number of hydroxylamine groups is 2. The Hall–Kier alpha value is -5.77. The van der Waals surface area contributed by atoms with Gasteiger partial charge in [0.2, 0.25) is 5.88 Å². The molecule has 0 unspecified atom stereocenters. The molecule has 1 aliphatic rings. The highest BCUT2D eigenvalue weighted by molar-refractivity contribution is 7.09. The SMILES string of the molecule is O=C1c2ccccc2C(=O)N1OCCOc1ccc(Cc2sc(=O)n(C(c3ccccc3)(c3ccccc3)c3ccccc3)c2O)cc1. The summed E-state index contributed by atoms with van der Waals surface area (Å²) in [7, 11) is 0. The molecule has 0 saturated carbocycles. The van der Waals surface area contributed by atoms with E-state index < -0.39 is 17.4 Å². The van der Waals surface area contributed by atoms with Crippen molar-refractivity contribution in [2.45, 2.75) is 12.0 Å². The van der Waals surface area contributed by atoms with Gasteiger partial charge in [0.25, 0.3) is 11.8 Å². The van der Waals surface area contributed by atoms with Crippen LogP contribution in [0.2, 0.25) is 0 Å². The molecule has 6 aromatic rings. The highest BCUT2D eigenvalue weighted by Crippen LogP contribution is 2.43. The summed E-state index contributed by atoms with van der Waals surface area (Å²) in [6, 6.07) is 43.2. The van der Waals surface area contributed by atoms with Crippen molar-refractivity contribution in [3.63, 3.8) is 0 Å². The van der Waals surface area contributed by atoms with Gasteiger partial charge in [0.15, 0.2) is 0 Å². The second-order valence-electron chi connectivity index (χ2n) is 11.2. The predicted molar refractivity (Wildman–Crippen MR) is 182 cm³/mol. The Balaban J connectivity index is 1.11. The molecule has 2 amide bonds. The van der Waals surface area contributed by atoms with Gasteiger partial charge >= 0.3 is 4.87 Å². The topological polar surface area (TPSA) is 98.1 Å². The first kappa shape index (κ1) is 30.9. The van der Waals surface area contributed by atoms with E-state index in [0.717, 1.165) is 38.7 Å². The number of ether oxygens (including phenoxy) is 1. The second-order valence-corrected chi connectivity index (χ2v) is 12.3. The fraction of sp³-hybridized carbons (Fsp3) is 0.103. The Morgan fingerprint density at radius 2 is 1.08 bits per heavy atom. The maximum absolute atomic E-state index is 14.0. The molecule has 0 saturated heterocycles. The van der Waals surface area contributed by atoms with Crippen LogP contribution in [0.1, 0.15) is 47.8 Å². The molecule has 0 fully saturated rings. The predicted octanol–water partition coefficient (Wildman–Crippen LogP) is 6.65. The summed E-state index contributed by atoms with van der Waals surface area (Å²) in [5, 5.41) is 12.6. The maximum Gasteiger partial charge on any atom is 0.311 e. The highest BCUT2D eigenvalue weighted by Gasteiger charge is 2.42. The minimum atomic E-state index is -1.12. The number of carbonyl (C=O) groups is 2.